The fourth-order valence-corrected chi connectivity index (χ4v) is 2.56. The van der Waals surface area contributed by atoms with Crippen molar-refractivity contribution < 1.29 is 4.74 Å². The molecule has 7 heteroatoms. The quantitative estimate of drug-likeness (QED) is 0.734. The van der Waals surface area contributed by atoms with Gasteiger partial charge in [0.25, 0.3) is 0 Å². The summed E-state index contributed by atoms with van der Waals surface area (Å²) in [7, 11) is 1.47. The predicted octanol–water partition coefficient (Wildman–Crippen LogP) is 2.04. The third kappa shape index (κ3) is 2.17. The van der Waals surface area contributed by atoms with Gasteiger partial charge in [0.1, 0.15) is 11.3 Å². The smallest absolute Gasteiger partial charge is 0.321 e. The van der Waals surface area contributed by atoms with Gasteiger partial charge in [-0.05, 0) is 25.1 Å². The summed E-state index contributed by atoms with van der Waals surface area (Å²) in [5, 5.41) is 0.395. The first-order valence-electron chi connectivity index (χ1n) is 6.47. The van der Waals surface area contributed by atoms with E-state index in [1.165, 1.54) is 11.7 Å². The van der Waals surface area contributed by atoms with Gasteiger partial charge in [-0.15, -0.1) is 0 Å². The number of halogens is 1. The normalized spacial score (nSPS) is 10.9. The van der Waals surface area contributed by atoms with Crippen LogP contribution in [0.5, 0.6) is 5.75 Å². The third-order valence-electron chi connectivity index (χ3n) is 3.36. The Morgan fingerprint density at radius 1 is 1.32 bits per heavy atom. The van der Waals surface area contributed by atoms with Crippen LogP contribution in [-0.2, 0) is 0 Å². The van der Waals surface area contributed by atoms with Crippen molar-refractivity contribution in [2.45, 2.75) is 6.92 Å². The minimum Gasteiger partial charge on any atom is -0.494 e. The summed E-state index contributed by atoms with van der Waals surface area (Å²) in [6, 6.07) is 6.59. The van der Waals surface area contributed by atoms with Gasteiger partial charge in [0, 0.05) is 17.3 Å². The van der Waals surface area contributed by atoms with E-state index in [2.05, 4.69) is 9.97 Å². The molecule has 0 unspecified atom stereocenters. The molecule has 0 saturated carbocycles. The maximum atomic E-state index is 12.4. The van der Waals surface area contributed by atoms with Crippen LogP contribution >= 0.6 is 11.6 Å². The lowest BCUT2D eigenvalue weighted by atomic mass is 10.2. The van der Waals surface area contributed by atoms with Crippen LogP contribution in [0.1, 0.15) is 5.69 Å². The molecule has 0 bridgehead atoms. The Labute approximate surface area is 130 Å². The monoisotopic (exact) mass is 317 g/mol. The molecule has 3 rings (SSSR count). The maximum Gasteiger partial charge on any atom is 0.321 e. The first-order chi connectivity index (χ1) is 10.5. The molecule has 0 amide bonds. The predicted molar refractivity (Wildman–Crippen MR) is 84.3 cm³/mol. The van der Waals surface area contributed by atoms with Gasteiger partial charge >= 0.3 is 11.1 Å². The average Bonchev–Trinajstić information content (AvgIpc) is 2.50. The second-order valence-electron chi connectivity index (χ2n) is 4.70. The zero-order valence-electron chi connectivity index (χ0n) is 11.9. The van der Waals surface area contributed by atoms with Gasteiger partial charge in [0.15, 0.2) is 0 Å². The second kappa shape index (κ2) is 5.31. The highest BCUT2D eigenvalue weighted by atomic mass is 35.5. The topological polar surface area (TPSA) is 77.0 Å². The molecule has 0 atom stereocenters. The molecule has 6 nitrogen and oxygen atoms in total. The van der Waals surface area contributed by atoms with Crippen LogP contribution in [0.25, 0.3) is 16.7 Å². The number of hydrogen-bond donors (Lipinski definition) is 1. The van der Waals surface area contributed by atoms with Crippen molar-refractivity contribution in [2.24, 2.45) is 0 Å². The Bertz CT molecular complexity index is 991. The lowest BCUT2D eigenvalue weighted by Gasteiger charge is -2.13. The number of fused-ring (bicyclic) bond motifs is 1. The summed E-state index contributed by atoms with van der Waals surface area (Å²) in [5.74, 6) is 0.384. The Balaban J connectivity index is 2.56. The zero-order valence-corrected chi connectivity index (χ0v) is 12.6. The molecule has 22 heavy (non-hydrogen) atoms. The van der Waals surface area contributed by atoms with E-state index in [-0.39, 0.29) is 0 Å². The van der Waals surface area contributed by atoms with E-state index < -0.39 is 11.1 Å². The van der Waals surface area contributed by atoms with Crippen LogP contribution in [0.4, 0.5) is 0 Å². The van der Waals surface area contributed by atoms with E-state index in [4.69, 9.17) is 16.3 Å². The number of rotatable bonds is 2. The highest BCUT2D eigenvalue weighted by Crippen LogP contribution is 2.28. The van der Waals surface area contributed by atoms with Crippen molar-refractivity contribution in [1.82, 2.24) is 14.5 Å². The van der Waals surface area contributed by atoms with Crippen molar-refractivity contribution in [3.63, 3.8) is 0 Å². The Kier molecular flexibility index (Phi) is 3.46. The third-order valence-corrected chi connectivity index (χ3v) is 3.58. The lowest BCUT2D eigenvalue weighted by molar-refractivity contribution is 0.418. The molecule has 1 aromatic carbocycles. The number of nitrogens with zero attached hydrogens (tertiary/aromatic N) is 2. The number of benzene rings is 1. The number of aromatic amines is 1. The number of ether oxygens (including phenoxy) is 1. The summed E-state index contributed by atoms with van der Waals surface area (Å²) in [4.78, 5) is 31.1. The molecule has 3 aromatic rings. The van der Waals surface area contributed by atoms with E-state index in [0.29, 0.717) is 33.2 Å². The van der Waals surface area contributed by atoms with Crippen LogP contribution in [0.15, 0.2) is 40.1 Å². The summed E-state index contributed by atoms with van der Waals surface area (Å²) < 4.78 is 6.54. The van der Waals surface area contributed by atoms with Gasteiger partial charge in [-0.1, -0.05) is 11.6 Å². The molecule has 0 aliphatic carbocycles. The van der Waals surface area contributed by atoms with Gasteiger partial charge in [-0.2, -0.15) is 0 Å². The first kappa shape index (κ1) is 14.3. The molecule has 0 saturated heterocycles. The molecular weight excluding hydrogens is 306 g/mol. The molecular formula is C15H12ClN3O3. The van der Waals surface area contributed by atoms with Crippen molar-refractivity contribution in [1.29, 1.82) is 0 Å². The molecule has 2 heterocycles. The SMILES string of the molecule is COc1cc(Cl)cc2c1[nH]c(=O)c(=O)n2-c1cccnc1C. The average molecular weight is 318 g/mol. The van der Waals surface area contributed by atoms with E-state index in [1.807, 2.05) is 0 Å². The van der Waals surface area contributed by atoms with Crippen molar-refractivity contribution in [2.75, 3.05) is 7.11 Å². The number of aromatic nitrogens is 3. The number of pyridine rings is 1. The van der Waals surface area contributed by atoms with E-state index >= 15 is 0 Å². The molecule has 0 fully saturated rings. The Hall–Kier alpha value is -2.60. The number of hydrogen-bond acceptors (Lipinski definition) is 4. The number of H-pyrrole nitrogens is 1. The summed E-state index contributed by atoms with van der Waals surface area (Å²) >= 11 is 6.09. The number of nitrogens with one attached hydrogen (secondary N) is 1. The number of aryl methyl sites for hydroxylation is 1. The number of methoxy groups -OCH3 is 1. The van der Waals surface area contributed by atoms with Crippen LogP contribution in [0.3, 0.4) is 0 Å². The Morgan fingerprint density at radius 3 is 2.77 bits per heavy atom. The van der Waals surface area contributed by atoms with Gasteiger partial charge in [0.05, 0.1) is 24.0 Å². The van der Waals surface area contributed by atoms with Crippen molar-refractivity contribution in [3.8, 4) is 11.4 Å². The van der Waals surface area contributed by atoms with Gasteiger partial charge in [0.2, 0.25) is 0 Å². The minimum atomic E-state index is -0.739. The minimum absolute atomic E-state index is 0.384. The fourth-order valence-electron chi connectivity index (χ4n) is 2.36. The van der Waals surface area contributed by atoms with E-state index in [0.717, 1.165) is 0 Å². The highest BCUT2D eigenvalue weighted by molar-refractivity contribution is 6.31. The molecule has 0 spiro atoms. The Morgan fingerprint density at radius 2 is 2.09 bits per heavy atom. The van der Waals surface area contributed by atoms with E-state index in [1.54, 1.807) is 37.4 Å². The molecule has 0 radical (unpaired) electrons. The van der Waals surface area contributed by atoms with Crippen LogP contribution in [-0.4, -0.2) is 21.6 Å². The lowest BCUT2D eigenvalue weighted by Crippen LogP contribution is -2.36. The second-order valence-corrected chi connectivity index (χ2v) is 5.14. The fraction of sp³-hybridized carbons (Fsp3) is 0.133. The van der Waals surface area contributed by atoms with Crippen molar-refractivity contribution >= 4 is 22.6 Å². The molecule has 112 valence electrons. The maximum absolute atomic E-state index is 12.4. The summed E-state index contributed by atoms with van der Waals surface area (Å²) in [6.45, 7) is 1.76. The molecule has 0 aliphatic rings. The van der Waals surface area contributed by atoms with Crippen LogP contribution < -0.4 is 15.9 Å². The zero-order chi connectivity index (χ0) is 15.9. The first-order valence-corrected chi connectivity index (χ1v) is 6.85. The van der Waals surface area contributed by atoms with Crippen LogP contribution in [0.2, 0.25) is 5.02 Å². The highest BCUT2D eigenvalue weighted by Gasteiger charge is 2.15. The van der Waals surface area contributed by atoms with Crippen molar-refractivity contribution in [3.05, 3.63) is 61.9 Å². The largest absolute Gasteiger partial charge is 0.494 e. The summed E-state index contributed by atoms with van der Waals surface area (Å²) in [6.07, 6.45) is 1.62. The van der Waals surface area contributed by atoms with Gasteiger partial charge in [-0.25, -0.2) is 0 Å². The molecule has 1 N–H and O–H groups in total. The van der Waals surface area contributed by atoms with Gasteiger partial charge < -0.3 is 9.72 Å². The van der Waals surface area contributed by atoms with E-state index in [9.17, 15) is 9.59 Å². The van der Waals surface area contributed by atoms with Crippen LogP contribution in [0, 0.1) is 6.92 Å². The van der Waals surface area contributed by atoms with Gasteiger partial charge in [-0.3, -0.25) is 19.1 Å². The molecule has 2 aromatic heterocycles. The summed E-state index contributed by atoms with van der Waals surface area (Å²) in [5.41, 5.74) is 0.553. The standard InChI is InChI=1S/C15H12ClN3O3/c1-8-10(4-3-5-17-8)19-11-6-9(16)7-12(22-2)13(11)18-14(20)15(19)21/h3-7H,1-2H3,(H,18,20). The molecule has 0 aliphatic heterocycles.